The Hall–Kier alpha value is -3.74. The van der Waals surface area contributed by atoms with E-state index in [1.165, 1.54) is 6.08 Å². The molecule has 0 saturated heterocycles. The standard InChI is InChI=1S/C21H19N3O4/c1-3-27-19(25)13-6-15-4-11-18(12-5-15)23-20(26)16-7-9-17(10-8-16)21-22-14(2)24-28-21/h4-13H,3H2,1-2H3,(H,23,26)/b13-6+. The van der Waals surface area contributed by atoms with Gasteiger partial charge in [0.2, 0.25) is 0 Å². The van der Waals surface area contributed by atoms with Gasteiger partial charge in [0.1, 0.15) is 0 Å². The van der Waals surface area contributed by atoms with Gasteiger partial charge in [-0.3, -0.25) is 4.79 Å². The SMILES string of the molecule is CCOC(=O)/C=C/c1ccc(NC(=O)c2ccc(-c3nc(C)no3)cc2)cc1. The van der Waals surface area contributed by atoms with Crippen LogP contribution in [0, 0.1) is 6.92 Å². The Morgan fingerprint density at radius 3 is 2.43 bits per heavy atom. The van der Waals surface area contributed by atoms with Gasteiger partial charge in [-0.25, -0.2) is 4.79 Å². The van der Waals surface area contributed by atoms with Crippen LogP contribution in [0.25, 0.3) is 17.5 Å². The molecule has 0 aliphatic heterocycles. The lowest BCUT2D eigenvalue weighted by molar-refractivity contribution is -0.137. The number of aromatic nitrogens is 2. The van der Waals surface area contributed by atoms with Gasteiger partial charge in [0.25, 0.3) is 11.8 Å². The predicted octanol–water partition coefficient (Wildman–Crippen LogP) is 3.87. The fourth-order valence-corrected chi connectivity index (χ4v) is 2.41. The molecule has 7 nitrogen and oxygen atoms in total. The molecule has 0 radical (unpaired) electrons. The summed E-state index contributed by atoms with van der Waals surface area (Å²) in [5.74, 6) is 0.343. The maximum atomic E-state index is 12.4. The number of rotatable bonds is 6. The summed E-state index contributed by atoms with van der Waals surface area (Å²) in [7, 11) is 0. The van der Waals surface area contributed by atoms with Crippen LogP contribution in [0.2, 0.25) is 0 Å². The number of aryl methyl sites for hydroxylation is 1. The van der Waals surface area contributed by atoms with E-state index in [4.69, 9.17) is 9.26 Å². The van der Waals surface area contributed by atoms with Gasteiger partial charge in [-0.05, 0) is 61.9 Å². The summed E-state index contributed by atoms with van der Waals surface area (Å²) in [6.45, 7) is 3.83. The third-order valence-corrected chi connectivity index (χ3v) is 3.79. The van der Waals surface area contributed by atoms with Gasteiger partial charge >= 0.3 is 5.97 Å². The first kappa shape index (κ1) is 19.0. The molecule has 0 unspecified atom stereocenters. The lowest BCUT2D eigenvalue weighted by Crippen LogP contribution is -2.11. The molecule has 28 heavy (non-hydrogen) atoms. The van der Waals surface area contributed by atoms with Gasteiger partial charge in [-0.15, -0.1) is 0 Å². The Balaban J connectivity index is 1.62. The molecule has 3 rings (SSSR count). The van der Waals surface area contributed by atoms with Crippen LogP contribution in [0.3, 0.4) is 0 Å². The number of hydrogen-bond acceptors (Lipinski definition) is 6. The van der Waals surface area contributed by atoms with E-state index < -0.39 is 0 Å². The number of nitrogens with zero attached hydrogens (tertiary/aromatic N) is 2. The molecule has 0 aliphatic carbocycles. The summed E-state index contributed by atoms with van der Waals surface area (Å²) < 4.78 is 9.94. The Morgan fingerprint density at radius 2 is 1.82 bits per heavy atom. The van der Waals surface area contributed by atoms with Crippen molar-refractivity contribution in [1.82, 2.24) is 10.1 Å². The zero-order valence-corrected chi connectivity index (χ0v) is 15.5. The van der Waals surface area contributed by atoms with Gasteiger partial charge in [0.05, 0.1) is 6.61 Å². The minimum atomic E-state index is -0.390. The highest BCUT2D eigenvalue weighted by atomic mass is 16.5. The third-order valence-electron chi connectivity index (χ3n) is 3.79. The van der Waals surface area contributed by atoms with Gasteiger partial charge in [-0.1, -0.05) is 17.3 Å². The van der Waals surface area contributed by atoms with Crippen molar-refractivity contribution in [2.75, 3.05) is 11.9 Å². The van der Waals surface area contributed by atoms with E-state index in [1.54, 1.807) is 68.5 Å². The van der Waals surface area contributed by atoms with E-state index in [2.05, 4.69) is 15.5 Å². The van der Waals surface area contributed by atoms with Gasteiger partial charge in [0.15, 0.2) is 5.82 Å². The molecule has 1 aromatic heterocycles. The predicted molar refractivity (Wildman–Crippen MR) is 105 cm³/mol. The van der Waals surface area contributed by atoms with Crippen molar-refractivity contribution >= 4 is 23.6 Å². The van der Waals surface area contributed by atoms with Crippen molar-refractivity contribution in [3.8, 4) is 11.5 Å². The number of carbonyl (C=O) groups is 2. The number of nitrogens with one attached hydrogen (secondary N) is 1. The quantitative estimate of drug-likeness (QED) is 0.518. The zero-order chi connectivity index (χ0) is 19.9. The average molecular weight is 377 g/mol. The highest BCUT2D eigenvalue weighted by Crippen LogP contribution is 2.18. The van der Waals surface area contributed by atoms with E-state index >= 15 is 0 Å². The number of esters is 1. The molecule has 1 N–H and O–H groups in total. The first-order chi connectivity index (χ1) is 13.5. The van der Waals surface area contributed by atoms with E-state index in [0.717, 1.165) is 11.1 Å². The molecule has 0 spiro atoms. The number of carbonyl (C=O) groups excluding carboxylic acids is 2. The molecule has 0 fully saturated rings. The van der Waals surface area contributed by atoms with Gasteiger partial charge in [-0.2, -0.15) is 4.98 Å². The molecule has 142 valence electrons. The van der Waals surface area contributed by atoms with E-state index in [1.807, 2.05) is 0 Å². The number of anilines is 1. The molecule has 7 heteroatoms. The number of ether oxygens (including phenoxy) is 1. The molecule has 0 saturated carbocycles. The summed E-state index contributed by atoms with van der Waals surface area (Å²) in [4.78, 5) is 27.9. The first-order valence-electron chi connectivity index (χ1n) is 8.72. The topological polar surface area (TPSA) is 94.3 Å². The second-order valence-corrected chi connectivity index (χ2v) is 5.89. The molecular weight excluding hydrogens is 358 g/mol. The Labute approximate surface area is 162 Å². The number of amides is 1. The van der Waals surface area contributed by atoms with Crippen molar-refractivity contribution in [1.29, 1.82) is 0 Å². The monoisotopic (exact) mass is 377 g/mol. The third kappa shape index (κ3) is 4.91. The van der Waals surface area contributed by atoms with Crippen molar-refractivity contribution in [2.24, 2.45) is 0 Å². The van der Waals surface area contributed by atoms with Crippen LogP contribution in [0.5, 0.6) is 0 Å². The summed E-state index contributed by atoms with van der Waals surface area (Å²) in [5, 5.41) is 6.58. The lowest BCUT2D eigenvalue weighted by atomic mass is 10.1. The van der Waals surface area contributed by atoms with Crippen molar-refractivity contribution < 1.29 is 18.8 Å². The zero-order valence-electron chi connectivity index (χ0n) is 15.5. The van der Waals surface area contributed by atoms with Crippen molar-refractivity contribution in [2.45, 2.75) is 13.8 Å². The summed E-state index contributed by atoms with van der Waals surface area (Å²) in [6.07, 6.45) is 3.02. The van der Waals surface area contributed by atoms with Crippen LogP contribution < -0.4 is 5.32 Å². The van der Waals surface area contributed by atoms with Crippen LogP contribution in [0.1, 0.15) is 28.7 Å². The first-order valence-corrected chi connectivity index (χ1v) is 8.72. The van der Waals surface area contributed by atoms with Crippen LogP contribution in [0.15, 0.2) is 59.1 Å². The van der Waals surface area contributed by atoms with Gasteiger partial charge in [0, 0.05) is 22.9 Å². The van der Waals surface area contributed by atoms with E-state index in [-0.39, 0.29) is 11.9 Å². The summed E-state index contributed by atoms with van der Waals surface area (Å²) in [5.41, 5.74) is 2.72. The molecule has 3 aromatic rings. The van der Waals surface area contributed by atoms with Crippen molar-refractivity contribution in [3.05, 3.63) is 71.6 Å². The molecule has 0 bridgehead atoms. The summed E-state index contributed by atoms with van der Waals surface area (Å²) in [6, 6.07) is 14.0. The second kappa shape index (κ2) is 8.77. The van der Waals surface area contributed by atoms with Gasteiger partial charge < -0.3 is 14.6 Å². The number of hydrogen-bond donors (Lipinski definition) is 1. The fourth-order valence-electron chi connectivity index (χ4n) is 2.41. The van der Waals surface area contributed by atoms with E-state index in [9.17, 15) is 9.59 Å². The minimum absolute atomic E-state index is 0.233. The molecule has 0 atom stereocenters. The summed E-state index contributed by atoms with van der Waals surface area (Å²) >= 11 is 0. The lowest BCUT2D eigenvalue weighted by Gasteiger charge is -2.06. The van der Waals surface area contributed by atoms with Crippen LogP contribution >= 0.6 is 0 Å². The maximum Gasteiger partial charge on any atom is 0.330 e. The molecule has 0 aliphatic rings. The largest absolute Gasteiger partial charge is 0.463 e. The molecule has 1 amide bonds. The van der Waals surface area contributed by atoms with E-state index in [0.29, 0.717) is 29.6 Å². The smallest absolute Gasteiger partial charge is 0.330 e. The van der Waals surface area contributed by atoms with Crippen LogP contribution in [0.4, 0.5) is 5.69 Å². The maximum absolute atomic E-state index is 12.4. The highest BCUT2D eigenvalue weighted by Gasteiger charge is 2.09. The van der Waals surface area contributed by atoms with Crippen molar-refractivity contribution in [3.63, 3.8) is 0 Å². The number of benzene rings is 2. The molecular formula is C21H19N3O4. The Morgan fingerprint density at radius 1 is 1.11 bits per heavy atom. The average Bonchev–Trinajstić information content (AvgIpc) is 3.14. The van der Waals surface area contributed by atoms with Crippen LogP contribution in [-0.2, 0) is 9.53 Å². The fraction of sp³-hybridized carbons (Fsp3) is 0.143. The Kier molecular flexibility index (Phi) is 5.96. The normalized spacial score (nSPS) is 10.8. The van der Waals surface area contributed by atoms with Crippen LogP contribution in [-0.4, -0.2) is 28.6 Å². The molecule has 2 aromatic carbocycles. The molecule has 1 heterocycles. The second-order valence-electron chi connectivity index (χ2n) is 5.89. The highest BCUT2D eigenvalue weighted by molar-refractivity contribution is 6.04. The Bertz CT molecular complexity index is 989. The minimum Gasteiger partial charge on any atom is -0.463 e.